The number of ether oxygens (including phenoxy) is 1. The molecule has 2 aromatic rings. The van der Waals surface area contributed by atoms with Gasteiger partial charge in [0.15, 0.2) is 5.82 Å². The monoisotopic (exact) mass is 456 g/mol. The Morgan fingerprint density at radius 1 is 1.19 bits per heavy atom. The molecule has 1 atom stereocenters. The molecule has 7 nitrogen and oxygen atoms in total. The fraction of sp³-hybridized carbons (Fsp3) is 0.542. The largest absolute Gasteiger partial charge is 0.457 e. The van der Waals surface area contributed by atoms with E-state index in [1.165, 1.54) is 0 Å². The number of esters is 1. The quantitative estimate of drug-likeness (QED) is 0.705. The van der Waals surface area contributed by atoms with Crippen LogP contribution in [0.2, 0.25) is 5.02 Å². The fourth-order valence-corrected chi connectivity index (χ4v) is 5.62. The molecule has 1 spiro atoms. The molecule has 1 aromatic heterocycles. The average molecular weight is 457 g/mol. The lowest BCUT2D eigenvalue weighted by Gasteiger charge is -2.47. The van der Waals surface area contributed by atoms with Crippen molar-refractivity contribution < 1.29 is 14.6 Å². The summed E-state index contributed by atoms with van der Waals surface area (Å²) in [5, 5.41) is 19.8. The molecule has 32 heavy (non-hydrogen) atoms. The van der Waals surface area contributed by atoms with E-state index in [1.54, 1.807) is 12.3 Å². The predicted molar refractivity (Wildman–Crippen MR) is 122 cm³/mol. The second-order valence-electron chi connectivity index (χ2n) is 9.42. The number of hydrogen-bond donors (Lipinski definition) is 1. The first-order chi connectivity index (χ1) is 15.4. The van der Waals surface area contributed by atoms with Crippen molar-refractivity contribution in [2.24, 2.45) is 5.41 Å². The van der Waals surface area contributed by atoms with Crippen LogP contribution in [0.1, 0.15) is 58.8 Å². The number of rotatable bonds is 4. The van der Waals surface area contributed by atoms with Crippen LogP contribution < -0.4 is 4.90 Å². The Morgan fingerprint density at radius 3 is 2.62 bits per heavy atom. The molecule has 1 aromatic carbocycles. The van der Waals surface area contributed by atoms with Crippen LogP contribution >= 0.6 is 11.6 Å². The molecule has 1 unspecified atom stereocenters. The lowest BCUT2D eigenvalue weighted by Crippen LogP contribution is -2.47. The third kappa shape index (κ3) is 4.09. The number of aliphatic hydroxyl groups is 1. The van der Waals surface area contributed by atoms with Crippen LogP contribution in [0.5, 0.6) is 0 Å². The third-order valence-electron chi connectivity index (χ3n) is 7.67. The Hall–Kier alpha value is -2.22. The molecule has 4 heterocycles. The number of carbonyl (C=O) groups is 1. The summed E-state index contributed by atoms with van der Waals surface area (Å²) in [5.74, 6) is 0.601. The van der Waals surface area contributed by atoms with Gasteiger partial charge < -0.3 is 19.6 Å². The van der Waals surface area contributed by atoms with Gasteiger partial charge in [0.05, 0.1) is 22.9 Å². The van der Waals surface area contributed by atoms with E-state index in [0.717, 1.165) is 74.4 Å². The summed E-state index contributed by atoms with van der Waals surface area (Å²) in [5.41, 5.74) is 3.81. The van der Waals surface area contributed by atoms with Gasteiger partial charge in [-0.2, -0.15) is 5.10 Å². The van der Waals surface area contributed by atoms with Gasteiger partial charge >= 0.3 is 5.97 Å². The summed E-state index contributed by atoms with van der Waals surface area (Å²) in [6, 6.07) is 5.56. The Labute approximate surface area is 193 Å². The van der Waals surface area contributed by atoms with Gasteiger partial charge in [-0.3, -0.25) is 0 Å². The first-order valence-electron chi connectivity index (χ1n) is 11.4. The summed E-state index contributed by atoms with van der Waals surface area (Å²) in [7, 11) is 0. The molecule has 5 rings (SSSR count). The van der Waals surface area contributed by atoms with Crippen molar-refractivity contribution in [3.63, 3.8) is 0 Å². The van der Waals surface area contributed by atoms with Crippen LogP contribution in [-0.4, -0.2) is 58.9 Å². The number of nitrogens with zero attached hydrogens (tertiary/aromatic N) is 4. The Bertz CT molecular complexity index is 1010. The molecule has 8 heteroatoms. The topological polar surface area (TPSA) is 78.8 Å². The van der Waals surface area contributed by atoms with Gasteiger partial charge in [0.1, 0.15) is 6.61 Å². The van der Waals surface area contributed by atoms with Crippen molar-refractivity contribution in [1.82, 2.24) is 15.1 Å². The minimum atomic E-state index is -0.562. The Balaban J connectivity index is 1.16. The summed E-state index contributed by atoms with van der Waals surface area (Å²) in [6.45, 7) is 6.86. The van der Waals surface area contributed by atoms with Crippen molar-refractivity contribution in [2.75, 3.05) is 37.6 Å². The van der Waals surface area contributed by atoms with Gasteiger partial charge in [-0.05, 0) is 68.3 Å². The second kappa shape index (κ2) is 8.61. The number of fused-ring (bicyclic) bond motifs is 1. The van der Waals surface area contributed by atoms with Crippen LogP contribution in [-0.2, 0) is 11.3 Å². The molecule has 0 aliphatic carbocycles. The molecule has 2 fully saturated rings. The third-order valence-corrected chi connectivity index (χ3v) is 7.88. The fourth-order valence-electron chi connectivity index (χ4n) is 5.48. The average Bonchev–Trinajstić information content (AvgIpc) is 3.18. The standard InChI is InChI=1S/C24H29ClN4O3/c1-16-18(2-3-19-20(16)15-32-23(19)31)21(30)14-28-8-4-24(5-9-28)6-10-29(11-7-24)22-12-17(25)13-26-27-22/h2-3,12-13,21,30H,4-11,14-15H2,1H3. The van der Waals surface area contributed by atoms with E-state index in [4.69, 9.17) is 16.3 Å². The highest BCUT2D eigenvalue weighted by molar-refractivity contribution is 6.30. The van der Waals surface area contributed by atoms with E-state index in [2.05, 4.69) is 20.0 Å². The van der Waals surface area contributed by atoms with E-state index in [1.807, 2.05) is 19.1 Å². The first kappa shape index (κ1) is 21.6. The highest BCUT2D eigenvalue weighted by atomic mass is 35.5. The molecule has 2 saturated heterocycles. The lowest BCUT2D eigenvalue weighted by atomic mass is 9.71. The molecule has 0 bridgehead atoms. The number of aliphatic hydroxyl groups excluding tert-OH is 1. The van der Waals surface area contributed by atoms with Gasteiger partial charge in [-0.1, -0.05) is 17.7 Å². The van der Waals surface area contributed by atoms with Crippen LogP contribution in [0, 0.1) is 12.3 Å². The van der Waals surface area contributed by atoms with Crippen molar-refractivity contribution in [2.45, 2.75) is 45.3 Å². The SMILES string of the molecule is Cc1c(C(O)CN2CCC3(CC2)CCN(c2cc(Cl)cnn2)CC3)ccc2c1COC2=O. The number of β-amino-alcohol motifs (C(OH)–C–C–N with tert-alkyl or cyclic N) is 1. The van der Waals surface area contributed by atoms with E-state index in [9.17, 15) is 9.90 Å². The van der Waals surface area contributed by atoms with Gasteiger partial charge in [-0.15, -0.1) is 5.10 Å². The van der Waals surface area contributed by atoms with Crippen LogP contribution in [0.15, 0.2) is 24.4 Å². The number of anilines is 1. The van der Waals surface area contributed by atoms with Gasteiger partial charge in [-0.25, -0.2) is 4.79 Å². The zero-order chi connectivity index (χ0) is 22.3. The molecule has 0 amide bonds. The van der Waals surface area contributed by atoms with Gasteiger partial charge in [0.25, 0.3) is 0 Å². The van der Waals surface area contributed by atoms with Crippen LogP contribution in [0.25, 0.3) is 0 Å². The number of hydrogen-bond acceptors (Lipinski definition) is 7. The van der Waals surface area contributed by atoms with Crippen molar-refractivity contribution in [3.8, 4) is 0 Å². The molecule has 3 aliphatic heterocycles. The smallest absolute Gasteiger partial charge is 0.338 e. The highest BCUT2D eigenvalue weighted by Crippen LogP contribution is 2.42. The molecule has 0 saturated carbocycles. The predicted octanol–water partition coefficient (Wildman–Crippen LogP) is 3.52. The van der Waals surface area contributed by atoms with Crippen molar-refractivity contribution in [3.05, 3.63) is 51.7 Å². The molecule has 3 aliphatic rings. The number of benzene rings is 1. The normalized spacial score (nSPS) is 21.5. The Kier molecular flexibility index (Phi) is 5.82. The Morgan fingerprint density at radius 2 is 1.91 bits per heavy atom. The number of carbonyl (C=O) groups excluding carboxylic acids is 1. The van der Waals surface area contributed by atoms with E-state index in [-0.39, 0.29) is 5.97 Å². The van der Waals surface area contributed by atoms with Crippen LogP contribution in [0.4, 0.5) is 5.82 Å². The highest BCUT2D eigenvalue weighted by Gasteiger charge is 2.38. The molecular formula is C24H29ClN4O3. The number of likely N-dealkylation sites (tertiary alicyclic amines) is 1. The summed E-state index contributed by atoms with van der Waals surface area (Å²) in [6.07, 6.45) is 5.61. The van der Waals surface area contributed by atoms with Crippen molar-refractivity contribution >= 4 is 23.4 Å². The molecule has 1 N–H and O–H groups in total. The zero-order valence-electron chi connectivity index (χ0n) is 18.4. The number of halogens is 1. The number of aromatic nitrogens is 2. The lowest BCUT2D eigenvalue weighted by molar-refractivity contribution is 0.0447. The summed E-state index contributed by atoms with van der Waals surface area (Å²) >= 11 is 6.08. The summed E-state index contributed by atoms with van der Waals surface area (Å²) < 4.78 is 5.15. The minimum absolute atomic E-state index is 0.265. The van der Waals surface area contributed by atoms with Gasteiger partial charge in [0.2, 0.25) is 0 Å². The van der Waals surface area contributed by atoms with E-state index in [0.29, 0.717) is 29.2 Å². The molecule has 170 valence electrons. The van der Waals surface area contributed by atoms with Crippen molar-refractivity contribution in [1.29, 1.82) is 0 Å². The van der Waals surface area contributed by atoms with E-state index >= 15 is 0 Å². The van der Waals surface area contributed by atoms with E-state index < -0.39 is 6.10 Å². The summed E-state index contributed by atoms with van der Waals surface area (Å²) in [4.78, 5) is 16.4. The maximum Gasteiger partial charge on any atom is 0.338 e. The second-order valence-corrected chi connectivity index (χ2v) is 9.85. The van der Waals surface area contributed by atoms with Crippen LogP contribution in [0.3, 0.4) is 0 Å². The minimum Gasteiger partial charge on any atom is -0.457 e. The number of piperidine rings is 2. The number of cyclic esters (lactones) is 1. The first-order valence-corrected chi connectivity index (χ1v) is 11.8. The molecular weight excluding hydrogens is 428 g/mol. The maximum atomic E-state index is 11.8. The van der Waals surface area contributed by atoms with Gasteiger partial charge in [0, 0.05) is 31.3 Å². The zero-order valence-corrected chi connectivity index (χ0v) is 19.1. The maximum absolute atomic E-state index is 11.8. The molecule has 0 radical (unpaired) electrons.